The number of carbonyl (C=O) groups is 1. The van der Waals surface area contributed by atoms with Crippen molar-refractivity contribution in [2.24, 2.45) is 0 Å². The second-order valence-corrected chi connectivity index (χ2v) is 6.24. The van der Waals surface area contributed by atoms with Crippen LogP contribution < -0.4 is 4.90 Å². The van der Waals surface area contributed by atoms with Crippen LogP contribution in [-0.2, 0) is 11.3 Å². The predicted octanol–water partition coefficient (Wildman–Crippen LogP) is 3.95. The summed E-state index contributed by atoms with van der Waals surface area (Å²) in [4.78, 5) is 25.3. The summed E-state index contributed by atoms with van der Waals surface area (Å²) >= 11 is 0. The molecular formula is C20H16N4O3. The third kappa shape index (κ3) is 2.99. The average molecular weight is 360 g/mol. The smallest absolute Gasteiger partial charge is 0.358 e. The van der Waals surface area contributed by atoms with Crippen LogP contribution in [0.15, 0.2) is 54.6 Å². The standard InChI is InChI=1S/C20H16N4O3/c1-14-12-19(24(26)27)21-22(14)13-20(25)23-17-8-4-2-6-15(17)10-11-16-7-3-5-9-18(16)23/h2-12H,13H2,1H3. The van der Waals surface area contributed by atoms with Gasteiger partial charge in [-0.2, -0.15) is 4.68 Å². The largest absolute Gasteiger partial charge is 0.390 e. The summed E-state index contributed by atoms with van der Waals surface area (Å²) in [6, 6.07) is 16.6. The van der Waals surface area contributed by atoms with E-state index >= 15 is 0 Å². The SMILES string of the molecule is Cc1cc([N+](=O)[O-])nn1CC(=O)N1c2ccccc2C=Cc2ccccc21. The normalized spacial score (nSPS) is 12.3. The maximum atomic E-state index is 13.2. The Balaban J connectivity index is 1.77. The Morgan fingerprint density at radius 3 is 2.11 bits per heavy atom. The molecule has 0 N–H and O–H groups in total. The van der Waals surface area contributed by atoms with Crippen molar-refractivity contribution in [3.63, 3.8) is 0 Å². The van der Waals surface area contributed by atoms with E-state index in [-0.39, 0.29) is 18.3 Å². The molecule has 27 heavy (non-hydrogen) atoms. The molecule has 0 saturated carbocycles. The highest BCUT2D eigenvalue weighted by molar-refractivity contribution is 6.06. The van der Waals surface area contributed by atoms with E-state index in [1.165, 1.54) is 10.7 Å². The van der Waals surface area contributed by atoms with Gasteiger partial charge in [0.1, 0.15) is 6.54 Å². The van der Waals surface area contributed by atoms with Crippen molar-refractivity contribution in [2.75, 3.05) is 4.90 Å². The third-order valence-electron chi connectivity index (χ3n) is 4.49. The monoisotopic (exact) mass is 360 g/mol. The number of nitrogens with zero attached hydrogens (tertiary/aromatic N) is 4. The van der Waals surface area contributed by atoms with Gasteiger partial charge in [0.25, 0.3) is 5.91 Å². The predicted molar refractivity (Wildman–Crippen MR) is 103 cm³/mol. The molecule has 0 bridgehead atoms. The number of para-hydroxylation sites is 2. The van der Waals surface area contributed by atoms with Gasteiger partial charge in [-0.05, 0) is 35.1 Å². The van der Waals surface area contributed by atoms with Gasteiger partial charge in [-0.1, -0.05) is 48.6 Å². The maximum Gasteiger partial charge on any atom is 0.390 e. The van der Waals surface area contributed by atoms with Crippen molar-refractivity contribution in [1.29, 1.82) is 0 Å². The zero-order chi connectivity index (χ0) is 19.0. The highest BCUT2D eigenvalue weighted by Gasteiger charge is 2.26. The number of aromatic nitrogens is 2. The number of rotatable bonds is 3. The molecule has 0 radical (unpaired) electrons. The molecule has 134 valence electrons. The molecule has 0 saturated heterocycles. The number of aryl methyl sites for hydroxylation is 1. The van der Waals surface area contributed by atoms with E-state index in [1.807, 2.05) is 60.7 Å². The first-order valence-corrected chi connectivity index (χ1v) is 8.42. The van der Waals surface area contributed by atoms with Gasteiger partial charge < -0.3 is 10.1 Å². The molecule has 4 rings (SSSR count). The Kier molecular flexibility index (Phi) is 4.04. The molecule has 7 heteroatoms. The Hall–Kier alpha value is -3.74. The first-order chi connectivity index (χ1) is 13.0. The number of amides is 1. The second-order valence-electron chi connectivity index (χ2n) is 6.24. The van der Waals surface area contributed by atoms with Gasteiger partial charge in [0.05, 0.1) is 28.2 Å². The topological polar surface area (TPSA) is 81.3 Å². The summed E-state index contributed by atoms with van der Waals surface area (Å²) in [6.07, 6.45) is 3.96. The van der Waals surface area contributed by atoms with Gasteiger partial charge in [0.2, 0.25) is 0 Å². The number of fused-ring (bicyclic) bond motifs is 2. The highest BCUT2D eigenvalue weighted by atomic mass is 16.6. The number of nitro groups is 1. The van der Waals surface area contributed by atoms with Crippen molar-refractivity contribution in [3.05, 3.63) is 81.5 Å². The molecule has 1 aliphatic rings. The molecular weight excluding hydrogens is 344 g/mol. The molecule has 0 fully saturated rings. The Morgan fingerprint density at radius 1 is 1.04 bits per heavy atom. The molecule has 0 aliphatic carbocycles. The van der Waals surface area contributed by atoms with Crippen molar-refractivity contribution >= 4 is 35.3 Å². The van der Waals surface area contributed by atoms with Crippen LogP contribution in [0.3, 0.4) is 0 Å². The number of benzene rings is 2. The number of hydrogen-bond acceptors (Lipinski definition) is 4. The minimum Gasteiger partial charge on any atom is -0.358 e. The molecule has 0 spiro atoms. The molecule has 3 aromatic rings. The lowest BCUT2D eigenvalue weighted by molar-refractivity contribution is -0.389. The van der Waals surface area contributed by atoms with E-state index in [0.717, 1.165) is 22.5 Å². The lowest BCUT2D eigenvalue weighted by atomic mass is 10.1. The Morgan fingerprint density at radius 2 is 1.59 bits per heavy atom. The van der Waals surface area contributed by atoms with E-state index in [9.17, 15) is 14.9 Å². The van der Waals surface area contributed by atoms with Crippen LogP contribution >= 0.6 is 0 Å². The van der Waals surface area contributed by atoms with Crippen molar-refractivity contribution in [1.82, 2.24) is 9.78 Å². The summed E-state index contributed by atoms with van der Waals surface area (Å²) in [5, 5.41) is 14.9. The minimum absolute atomic E-state index is 0.0949. The van der Waals surface area contributed by atoms with Gasteiger partial charge >= 0.3 is 5.82 Å². The first kappa shape index (κ1) is 16.7. The summed E-state index contributed by atoms with van der Waals surface area (Å²) in [5.74, 6) is -0.488. The van der Waals surface area contributed by atoms with E-state index < -0.39 is 4.92 Å². The van der Waals surface area contributed by atoms with Gasteiger partial charge in [-0.3, -0.25) is 9.69 Å². The number of hydrogen-bond donors (Lipinski definition) is 0. The fourth-order valence-electron chi connectivity index (χ4n) is 3.18. The van der Waals surface area contributed by atoms with Crippen LogP contribution in [0, 0.1) is 17.0 Å². The van der Waals surface area contributed by atoms with Gasteiger partial charge in [-0.25, -0.2) is 0 Å². The highest BCUT2D eigenvalue weighted by Crippen LogP contribution is 2.36. The molecule has 2 heterocycles. The van der Waals surface area contributed by atoms with Crippen LogP contribution in [0.25, 0.3) is 12.2 Å². The van der Waals surface area contributed by atoms with Gasteiger partial charge in [0.15, 0.2) is 0 Å². The van der Waals surface area contributed by atoms with E-state index in [1.54, 1.807) is 11.8 Å². The second kappa shape index (κ2) is 6.53. The Bertz CT molecular complexity index is 1030. The Labute approximate surface area is 155 Å². The fourth-order valence-corrected chi connectivity index (χ4v) is 3.18. The van der Waals surface area contributed by atoms with Crippen LogP contribution in [0.5, 0.6) is 0 Å². The van der Waals surface area contributed by atoms with E-state index in [0.29, 0.717) is 5.69 Å². The molecule has 0 unspecified atom stereocenters. The lowest BCUT2D eigenvalue weighted by Gasteiger charge is -2.24. The average Bonchev–Trinajstić information content (AvgIpc) is 2.94. The lowest BCUT2D eigenvalue weighted by Crippen LogP contribution is -2.31. The first-order valence-electron chi connectivity index (χ1n) is 8.42. The number of anilines is 2. The van der Waals surface area contributed by atoms with Crippen LogP contribution in [-0.4, -0.2) is 20.6 Å². The zero-order valence-corrected chi connectivity index (χ0v) is 14.6. The number of carbonyl (C=O) groups excluding carboxylic acids is 1. The zero-order valence-electron chi connectivity index (χ0n) is 14.6. The molecule has 1 amide bonds. The fraction of sp³-hybridized carbons (Fsp3) is 0.100. The van der Waals surface area contributed by atoms with E-state index in [2.05, 4.69) is 5.10 Å². The molecule has 1 aromatic heterocycles. The van der Waals surface area contributed by atoms with Crippen molar-refractivity contribution in [3.8, 4) is 0 Å². The van der Waals surface area contributed by atoms with Gasteiger partial charge in [-0.15, -0.1) is 0 Å². The molecule has 1 aliphatic heterocycles. The molecule has 0 atom stereocenters. The van der Waals surface area contributed by atoms with Crippen molar-refractivity contribution in [2.45, 2.75) is 13.5 Å². The van der Waals surface area contributed by atoms with Crippen LogP contribution in [0.2, 0.25) is 0 Å². The van der Waals surface area contributed by atoms with E-state index in [4.69, 9.17) is 0 Å². The minimum atomic E-state index is -0.561. The molecule has 7 nitrogen and oxygen atoms in total. The summed E-state index contributed by atoms with van der Waals surface area (Å²) < 4.78 is 1.37. The quantitative estimate of drug-likeness (QED) is 0.523. The summed E-state index contributed by atoms with van der Waals surface area (Å²) in [6.45, 7) is 1.60. The summed E-state index contributed by atoms with van der Waals surface area (Å²) in [7, 11) is 0. The summed E-state index contributed by atoms with van der Waals surface area (Å²) in [5.41, 5.74) is 3.94. The maximum absolute atomic E-state index is 13.2. The van der Waals surface area contributed by atoms with Crippen molar-refractivity contribution < 1.29 is 9.72 Å². The molecule has 2 aromatic carbocycles. The van der Waals surface area contributed by atoms with Gasteiger partial charge in [0, 0.05) is 0 Å². The van der Waals surface area contributed by atoms with Crippen LogP contribution in [0.4, 0.5) is 17.2 Å². The third-order valence-corrected chi connectivity index (χ3v) is 4.49. The van der Waals surface area contributed by atoms with Crippen LogP contribution in [0.1, 0.15) is 16.8 Å².